The third-order valence-corrected chi connectivity index (χ3v) is 5.64. The van der Waals surface area contributed by atoms with Crippen LogP contribution in [0.15, 0.2) is 0 Å². The van der Waals surface area contributed by atoms with Crippen LogP contribution < -0.4 is 5.73 Å². The lowest BCUT2D eigenvalue weighted by Gasteiger charge is -2.42. The first-order valence-electron chi connectivity index (χ1n) is 7.97. The van der Waals surface area contributed by atoms with Gasteiger partial charge < -0.3 is 10.6 Å². The number of piperazine rings is 1. The summed E-state index contributed by atoms with van der Waals surface area (Å²) >= 11 is 5.27. The molecule has 0 bridgehead atoms. The molecule has 3 aliphatic rings. The Labute approximate surface area is 126 Å². The van der Waals surface area contributed by atoms with Crippen LogP contribution in [0.4, 0.5) is 0 Å². The van der Waals surface area contributed by atoms with Gasteiger partial charge in [0.15, 0.2) is 0 Å². The van der Waals surface area contributed by atoms with Crippen molar-refractivity contribution in [1.29, 1.82) is 0 Å². The fourth-order valence-electron chi connectivity index (χ4n) is 3.75. The second-order valence-electron chi connectivity index (χ2n) is 6.57. The maximum Gasteiger partial charge on any atom is 0.235 e. The molecule has 112 valence electrons. The minimum Gasteiger partial charge on any atom is -0.392 e. The molecule has 0 aromatic carbocycles. The third kappa shape index (κ3) is 2.58. The average molecular weight is 295 g/mol. The van der Waals surface area contributed by atoms with Gasteiger partial charge in [0.05, 0.1) is 10.4 Å². The Morgan fingerprint density at radius 2 is 1.65 bits per heavy atom. The van der Waals surface area contributed by atoms with E-state index >= 15 is 0 Å². The van der Waals surface area contributed by atoms with Crippen molar-refractivity contribution in [3.63, 3.8) is 0 Å². The van der Waals surface area contributed by atoms with Crippen LogP contribution in [0.3, 0.4) is 0 Å². The number of amides is 1. The van der Waals surface area contributed by atoms with Crippen LogP contribution >= 0.6 is 12.2 Å². The summed E-state index contributed by atoms with van der Waals surface area (Å²) in [5.41, 5.74) is 5.44. The second-order valence-corrected chi connectivity index (χ2v) is 7.01. The Hall–Kier alpha value is -0.680. The van der Waals surface area contributed by atoms with Crippen LogP contribution in [0.2, 0.25) is 0 Å². The monoisotopic (exact) mass is 295 g/mol. The molecular weight excluding hydrogens is 270 g/mol. The second kappa shape index (κ2) is 5.60. The van der Waals surface area contributed by atoms with Gasteiger partial charge in [0, 0.05) is 32.2 Å². The van der Waals surface area contributed by atoms with Gasteiger partial charge in [-0.05, 0) is 25.7 Å². The number of thiocarbonyl (C=S) groups is 1. The molecule has 2 aliphatic carbocycles. The number of carbonyl (C=O) groups is 1. The molecular formula is C15H25N3OS. The first kappa shape index (κ1) is 14.3. The summed E-state index contributed by atoms with van der Waals surface area (Å²) in [5, 5.41) is 0. The van der Waals surface area contributed by atoms with E-state index in [4.69, 9.17) is 18.0 Å². The molecule has 0 aromatic rings. The largest absolute Gasteiger partial charge is 0.392 e. The number of hydrogen-bond acceptors (Lipinski definition) is 3. The van der Waals surface area contributed by atoms with Crippen molar-refractivity contribution >= 4 is 23.1 Å². The summed E-state index contributed by atoms with van der Waals surface area (Å²) in [5.74, 6) is 0.208. The lowest BCUT2D eigenvalue weighted by Crippen LogP contribution is -2.57. The molecule has 4 nitrogen and oxygen atoms in total. The van der Waals surface area contributed by atoms with E-state index < -0.39 is 5.41 Å². The van der Waals surface area contributed by atoms with Gasteiger partial charge in [0.25, 0.3) is 0 Å². The highest BCUT2D eigenvalue weighted by molar-refractivity contribution is 7.80. The molecule has 2 N–H and O–H groups in total. The minimum absolute atomic E-state index is 0.208. The zero-order chi connectivity index (χ0) is 14.2. The van der Waals surface area contributed by atoms with Crippen molar-refractivity contribution in [3.8, 4) is 0 Å². The third-order valence-electron chi connectivity index (χ3n) is 5.25. The maximum atomic E-state index is 12.9. The van der Waals surface area contributed by atoms with E-state index in [0.29, 0.717) is 4.99 Å². The summed E-state index contributed by atoms with van der Waals surface area (Å²) in [6.07, 6.45) is 7.73. The summed E-state index contributed by atoms with van der Waals surface area (Å²) in [4.78, 5) is 17.9. The molecule has 1 heterocycles. The maximum absolute atomic E-state index is 12.9. The fourth-order valence-corrected chi connectivity index (χ4v) is 4.04. The molecule has 1 amide bonds. The van der Waals surface area contributed by atoms with E-state index in [1.54, 1.807) is 0 Å². The fraction of sp³-hybridized carbons (Fsp3) is 0.867. The molecule has 0 spiro atoms. The predicted octanol–water partition coefficient (Wildman–Crippen LogP) is 1.53. The smallest absolute Gasteiger partial charge is 0.235 e. The number of hydrogen-bond donors (Lipinski definition) is 1. The van der Waals surface area contributed by atoms with Crippen molar-refractivity contribution in [3.05, 3.63) is 0 Å². The molecule has 1 saturated heterocycles. The van der Waals surface area contributed by atoms with Gasteiger partial charge in [-0.2, -0.15) is 0 Å². The Kier molecular flexibility index (Phi) is 4.00. The quantitative estimate of drug-likeness (QED) is 0.802. The molecule has 0 radical (unpaired) electrons. The summed E-state index contributed by atoms with van der Waals surface area (Å²) in [6, 6.07) is 0.798. The van der Waals surface area contributed by atoms with E-state index in [9.17, 15) is 4.79 Å². The van der Waals surface area contributed by atoms with Crippen LogP contribution in [0.5, 0.6) is 0 Å². The zero-order valence-corrected chi connectivity index (χ0v) is 13.0. The molecule has 20 heavy (non-hydrogen) atoms. The average Bonchev–Trinajstić information content (AvgIpc) is 3.32. The number of rotatable bonds is 3. The van der Waals surface area contributed by atoms with Crippen LogP contribution in [-0.4, -0.2) is 52.9 Å². The minimum atomic E-state index is -0.532. The normalized spacial score (nSPS) is 27.3. The van der Waals surface area contributed by atoms with Gasteiger partial charge in [-0.3, -0.25) is 9.69 Å². The highest BCUT2D eigenvalue weighted by atomic mass is 32.1. The SMILES string of the molecule is NC(=S)C1(C(=O)N2CCN(C3CC3)CC2)CCCCC1. The van der Waals surface area contributed by atoms with E-state index in [1.165, 1.54) is 19.3 Å². The Morgan fingerprint density at radius 1 is 1.05 bits per heavy atom. The Morgan fingerprint density at radius 3 is 2.15 bits per heavy atom. The molecule has 3 fully saturated rings. The van der Waals surface area contributed by atoms with Crippen molar-refractivity contribution in [2.75, 3.05) is 26.2 Å². The Balaban J connectivity index is 1.65. The van der Waals surface area contributed by atoms with Crippen molar-refractivity contribution in [2.24, 2.45) is 11.1 Å². The lowest BCUT2D eigenvalue weighted by atomic mass is 9.72. The number of nitrogens with two attached hydrogens (primary N) is 1. The first-order chi connectivity index (χ1) is 9.63. The summed E-state index contributed by atoms with van der Waals surface area (Å²) in [6.45, 7) is 3.73. The van der Waals surface area contributed by atoms with Crippen LogP contribution in [0, 0.1) is 5.41 Å². The topological polar surface area (TPSA) is 49.6 Å². The summed E-state index contributed by atoms with van der Waals surface area (Å²) < 4.78 is 0. The van der Waals surface area contributed by atoms with Crippen LogP contribution in [-0.2, 0) is 4.79 Å². The van der Waals surface area contributed by atoms with Gasteiger partial charge in [0.1, 0.15) is 0 Å². The highest BCUT2D eigenvalue weighted by Gasteiger charge is 2.45. The summed E-state index contributed by atoms with van der Waals surface area (Å²) in [7, 11) is 0. The molecule has 5 heteroatoms. The van der Waals surface area contributed by atoms with Crippen molar-refractivity contribution in [1.82, 2.24) is 9.80 Å². The van der Waals surface area contributed by atoms with Crippen molar-refractivity contribution < 1.29 is 4.79 Å². The molecule has 3 rings (SSSR count). The van der Waals surface area contributed by atoms with Gasteiger partial charge in [-0.1, -0.05) is 31.5 Å². The molecule has 2 saturated carbocycles. The van der Waals surface area contributed by atoms with Crippen molar-refractivity contribution in [2.45, 2.75) is 51.0 Å². The van der Waals surface area contributed by atoms with Gasteiger partial charge in [0.2, 0.25) is 5.91 Å². The molecule has 0 unspecified atom stereocenters. The van der Waals surface area contributed by atoms with Gasteiger partial charge >= 0.3 is 0 Å². The van der Waals surface area contributed by atoms with Gasteiger partial charge in [-0.15, -0.1) is 0 Å². The molecule has 1 aliphatic heterocycles. The molecule has 0 atom stereocenters. The standard InChI is InChI=1S/C15H25N3OS/c16-13(20)15(6-2-1-3-7-15)14(19)18-10-8-17(9-11-18)12-4-5-12/h12H,1-11H2,(H2,16,20). The first-order valence-corrected chi connectivity index (χ1v) is 8.38. The van der Waals surface area contributed by atoms with E-state index in [-0.39, 0.29) is 5.91 Å². The van der Waals surface area contributed by atoms with E-state index in [1.807, 2.05) is 4.90 Å². The van der Waals surface area contributed by atoms with Gasteiger partial charge in [-0.25, -0.2) is 0 Å². The van der Waals surface area contributed by atoms with Crippen LogP contribution in [0.25, 0.3) is 0 Å². The highest BCUT2D eigenvalue weighted by Crippen LogP contribution is 2.39. The predicted molar refractivity (Wildman–Crippen MR) is 83.5 cm³/mol. The number of nitrogens with zero attached hydrogens (tertiary/aromatic N) is 2. The zero-order valence-electron chi connectivity index (χ0n) is 12.1. The van der Waals surface area contributed by atoms with E-state index in [0.717, 1.165) is 57.9 Å². The number of carbonyl (C=O) groups excluding carboxylic acids is 1. The lowest BCUT2D eigenvalue weighted by molar-refractivity contribution is -0.141. The molecule has 0 aromatic heterocycles. The van der Waals surface area contributed by atoms with E-state index in [2.05, 4.69) is 4.90 Å². The Bertz CT molecular complexity index is 394. The van der Waals surface area contributed by atoms with Crippen LogP contribution in [0.1, 0.15) is 44.9 Å².